The second-order valence-electron chi connectivity index (χ2n) is 9.40. The highest BCUT2D eigenvalue weighted by Gasteiger charge is 2.41. The lowest BCUT2D eigenvalue weighted by molar-refractivity contribution is -0.139. The van der Waals surface area contributed by atoms with Gasteiger partial charge in [-0.2, -0.15) is 0 Å². The lowest BCUT2D eigenvalue weighted by Gasteiger charge is -2.44. The van der Waals surface area contributed by atoms with Crippen molar-refractivity contribution < 1.29 is 28.6 Å². The van der Waals surface area contributed by atoms with Gasteiger partial charge in [-0.3, -0.25) is 4.79 Å². The molecule has 1 aliphatic rings. The second-order valence-corrected chi connectivity index (χ2v) is 9.40. The van der Waals surface area contributed by atoms with Gasteiger partial charge in [-0.05, 0) is 54.7 Å². The zero-order valence-electron chi connectivity index (χ0n) is 19.8. The van der Waals surface area contributed by atoms with E-state index in [1.165, 1.54) is 19.1 Å². The smallest absolute Gasteiger partial charge is 0.341 e. The third kappa shape index (κ3) is 6.11. The Balaban J connectivity index is 2.06. The van der Waals surface area contributed by atoms with E-state index in [0.717, 1.165) is 22.3 Å². The number of halogens is 1. The molecule has 0 aromatic heterocycles. The van der Waals surface area contributed by atoms with Crippen LogP contribution in [0.1, 0.15) is 80.9 Å². The normalized spacial score (nSPS) is 22.8. The van der Waals surface area contributed by atoms with Crippen molar-refractivity contribution in [2.24, 2.45) is 0 Å². The molecule has 2 N–H and O–H groups in total. The van der Waals surface area contributed by atoms with Gasteiger partial charge in [0.2, 0.25) is 5.91 Å². The van der Waals surface area contributed by atoms with Crippen LogP contribution >= 0.6 is 0 Å². The number of carboxylic acid groups (broad SMARTS) is 1. The number of ether oxygens (including phenoxy) is 2. The molecule has 0 bridgehead atoms. The van der Waals surface area contributed by atoms with Crippen LogP contribution in [0.15, 0.2) is 36.4 Å². The molecule has 1 saturated heterocycles. The molecule has 0 saturated carbocycles. The molecule has 0 spiro atoms. The SMILES string of the molecule is CC(=O)N[C@]1(C)C[C@@H](c2ccc(F)cc2)O[C@@H](c2c(C)cc(C(C)C)cc2OCC(=O)O)C1. The Morgan fingerprint density at radius 2 is 1.85 bits per heavy atom. The highest BCUT2D eigenvalue weighted by molar-refractivity contribution is 5.73. The summed E-state index contributed by atoms with van der Waals surface area (Å²) in [7, 11) is 0. The van der Waals surface area contributed by atoms with E-state index in [1.807, 2.05) is 19.9 Å². The lowest BCUT2D eigenvalue weighted by Crippen LogP contribution is -2.50. The van der Waals surface area contributed by atoms with Gasteiger partial charge < -0.3 is 19.9 Å². The number of hydrogen-bond donors (Lipinski definition) is 2. The van der Waals surface area contributed by atoms with Gasteiger partial charge in [0.15, 0.2) is 6.61 Å². The quantitative estimate of drug-likeness (QED) is 0.596. The summed E-state index contributed by atoms with van der Waals surface area (Å²) in [5, 5.41) is 12.2. The first-order chi connectivity index (χ1) is 15.5. The van der Waals surface area contributed by atoms with Crippen LogP contribution in [0, 0.1) is 12.7 Å². The predicted molar refractivity (Wildman–Crippen MR) is 123 cm³/mol. The number of aliphatic carboxylic acids is 1. The summed E-state index contributed by atoms with van der Waals surface area (Å²) in [6.07, 6.45) is 0.145. The summed E-state index contributed by atoms with van der Waals surface area (Å²) in [6.45, 7) is 9.05. The minimum absolute atomic E-state index is 0.148. The van der Waals surface area contributed by atoms with Crippen molar-refractivity contribution in [2.75, 3.05) is 6.61 Å². The molecule has 1 amide bonds. The second kappa shape index (κ2) is 9.91. The van der Waals surface area contributed by atoms with E-state index in [1.54, 1.807) is 12.1 Å². The van der Waals surface area contributed by atoms with Crippen LogP contribution in [0.2, 0.25) is 0 Å². The molecule has 178 valence electrons. The average molecular weight is 458 g/mol. The summed E-state index contributed by atoms with van der Waals surface area (Å²) in [4.78, 5) is 23.2. The molecule has 0 radical (unpaired) electrons. The standard InChI is InChI=1S/C26H32FNO5/c1-15(2)19-10-16(3)25(21(11-19)32-14-24(30)31)23-13-26(5,28-17(4)29)12-22(33-23)18-6-8-20(27)9-7-18/h6-11,15,22-23H,12-14H2,1-5H3,(H,28,29)(H,30,31)/t22-,23+,26+/m0/s1. The van der Waals surface area contributed by atoms with Gasteiger partial charge in [-0.25, -0.2) is 9.18 Å². The molecule has 0 aliphatic carbocycles. The number of carbonyl (C=O) groups is 2. The molecule has 0 unspecified atom stereocenters. The molecule has 1 fully saturated rings. The van der Waals surface area contributed by atoms with Gasteiger partial charge in [0.25, 0.3) is 0 Å². The number of rotatable bonds is 7. The monoisotopic (exact) mass is 457 g/mol. The van der Waals surface area contributed by atoms with E-state index in [-0.39, 0.29) is 17.6 Å². The molecular weight excluding hydrogens is 425 g/mol. The predicted octanol–water partition coefficient (Wildman–Crippen LogP) is 5.21. The molecule has 2 aromatic carbocycles. The van der Waals surface area contributed by atoms with Gasteiger partial charge in [0.05, 0.1) is 12.2 Å². The maximum Gasteiger partial charge on any atom is 0.341 e. The number of carboxylic acids is 1. The fourth-order valence-electron chi connectivity index (χ4n) is 4.56. The highest BCUT2D eigenvalue weighted by atomic mass is 19.1. The van der Waals surface area contributed by atoms with Gasteiger partial charge >= 0.3 is 5.97 Å². The van der Waals surface area contributed by atoms with Crippen molar-refractivity contribution in [3.8, 4) is 5.75 Å². The molecule has 3 rings (SSSR count). The van der Waals surface area contributed by atoms with Crippen molar-refractivity contribution >= 4 is 11.9 Å². The number of nitrogens with one attached hydrogen (secondary N) is 1. The minimum atomic E-state index is -1.06. The third-order valence-corrected chi connectivity index (χ3v) is 6.03. The van der Waals surface area contributed by atoms with Gasteiger partial charge in [-0.15, -0.1) is 0 Å². The molecule has 1 heterocycles. The van der Waals surface area contributed by atoms with Crippen molar-refractivity contribution in [1.82, 2.24) is 5.32 Å². The number of benzene rings is 2. The number of aryl methyl sites for hydroxylation is 1. The number of amides is 1. The Bertz CT molecular complexity index is 1020. The highest BCUT2D eigenvalue weighted by Crippen LogP contribution is 2.47. The first-order valence-corrected chi connectivity index (χ1v) is 11.2. The maximum atomic E-state index is 13.5. The molecular formula is C26H32FNO5. The fourth-order valence-corrected chi connectivity index (χ4v) is 4.56. The van der Waals surface area contributed by atoms with E-state index in [4.69, 9.17) is 9.47 Å². The van der Waals surface area contributed by atoms with Crippen molar-refractivity contribution in [3.63, 3.8) is 0 Å². The Hall–Kier alpha value is -2.93. The van der Waals surface area contributed by atoms with Crippen LogP contribution in [0.5, 0.6) is 5.75 Å². The Morgan fingerprint density at radius 1 is 1.21 bits per heavy atom. The molecule has 33 heavy (non-hydrogen) atoms. The molecule has 7 heteroatoms. The number of hydrogen-bond acceptors (Lipinski definition) is 4. The molecule has 6 nitrogen and oxygen atoms in total. The first kappa shape index (κ1) is 24.7. The van der Waals surface area contributed by atoms with Crippen molar-refractivity contribution in [1.29, 1.82) is 0 Å². The average Bonchev–Trinajstić information content (AvgIpc) is 2.70. The van der Waals surface area contributed by atoms with Crippen LogP contribution < -0.4 is 10.1 Å². The van der Waals surface area contributed by atoms with Gasteiger partial charge in [0, 0.05) is 30.9 Å². The van der Waals surface area contributed by atoms with Gasteiger partial charge in [-0.1, -0.05) is 32.0 Å². The Labute approximate surface area is 194 Å². The first-order valence-electron chi connectivity index (χ1n) is 11.2. The van der Waals surface area contributed by atoms with E-state index < -0.39 is 30.3 Å². The third-order valence-electron chi connectivity index (χ3n) is 6.03. The van der Waals surface area contributed by atoms with Crippen LogP contribution in [0.4, 0.5) is 4.39 Å². The summed E-state index contributed by atoms with van der Waals surface area (Å²) in [6, 6.07) is 10.1. The van der Waals surface area contributed by atoms with E-state index >= 15 is 0 Å². The largest absolute Gasteiger partial charge is 0.482 e. The summed E-state index contributed by atoms with van der Waals surface area (Å²) >= 11 is 0. The molecule has 2 aromatic rings. The summed E-state index contributed by atoms with van der Waals surface area (Å²) in [5.41, 5.74) is 2.95. The van der Waals surface area contributed by atoms with E-state index in [2.05, 4.69) is 25.2 Å². The van der Waals surface area contributed by atoms with Crippen LogP contribution in [-0.2, 0) is 14.3 Å². The lowest BCUT2D eigenvalue weighted by atomic mass is 9.80. The number of carbonyl (C=O) groups excluding carboxylic acids is 1. The zero-order chi connectivity index (χ0) is 24.3. The Morgan fingerprint density at radius 3 is 2.42 bits per heavy atom. The van der Waals surface area contributed by atoms with Crippen molar-refractivity contribution in [3.05, 3.63) is 64.5 Å². The van der Waals surface area contributed by atoms with E-state index in [0.29, 0.717) is 18.6 Å². The molecule has 1 aliphatic heterocycles. The van der Waals surface area contributed by atoms with Crippen LogP contribution in [0.25, 0.3) is 0 Å². The maximum absolute atomic E-state index is 13.5. The fraction of sp³-hybridized carbons (Fsp3) is 0.462. The summed E-state index contributed by atoms with van der Waals surface area (Å²) in [5.74, 6) is -0.847. The van der Waals surface area contributed by atoms with E-state index in [9.17, 15) is 19.1 Å². The van der Waals surface area contributed by atoms with Crippen LogP contribution in [-0.4, -0.2) is 29.1 Å². The van der Waals surface area contributed by atoms with Gasteiger partial charge in [0.1, 0.15) is 11.6 Å². The molecule has 3 atom stereocenters. The minimum Gasteiger partial charge on any atom is -0.482 e. The zero-order valence-corrected chi connectivity index (χ0v) is 19.8. The topological polar surface area (TPSA) is 84.9 Å². The van der Waals surface area contributed by atoms with Crippen molar-refractivity contribution in [2.45, 2.75) is 71.1 Å². The summed E-state index contributed by atoms with van der Waals surface area (Å²) < 4.78 is 25.7. The Kier molecular flexibility index (Phi) is 7.42. The van der Waals surface area contributed by atoms with Crippen LogP contribution in [0.3, 0.4) is 0 Å².